The third-order valence-electron chi connectivity index (χ3n) is 3.57. The van der Waals surface area contributed by atoms with Crippen LogP contribution in [-0.2, 0) is 6.54 Å². The molecule has 1 N–H and O–H groups in total. The molecule has 18 heavy (non-hydrogen) atoms. The van der Waals surface area contributed by atoms with Crippen LogP contribution in [0.3, 0.4) is 0 Å². The first-order valence-electron chi connectivity index (χ1n) is 6.22. The first-order chi connectivity index (χ1) is 8.81. The largest absolute Gasteiger partial charge is 0.396 e. The number of aliphatic hydroxyl groups is 1. The van der Waals surface area contributed by atoms with Crippen molar-refractivity contribution in [2.45, 2.75) is 25.3 Å². The Hall–Kier alpha value is -1.13. The second kappa shape index (κ2) is 4.86. The van der Waals surface area contributed by atoms with Crippen molar-refractivity contribution in [3.63, 3.8) is 0 Å². The normalized spacial score (nSPS) is 18.7. The highest BCUT2D eigenvalue weighted by atomic mass is 79.9. The maximum Gasteiger partial charge on any atom is 0.141 e. The Morgan fingerprint density at radius 1 is 1.39 bits per heavy atom. The van der Waals surface area contributed by atoms with E-state index in [4.69, 9.17) is 0 Å². The van der Waals surface area contributed by atoms with Crippen molar-refractivity contribution in [2.75, 3.05) is 6.61 Å². The van der Waals surface area contributed by atoms with E-state index in [2.05, 4.69) is 31.5 Å². The van der Waals surface area contributed by atoms with E-state index < -0.39 is 0 Å². The molecule has 0 spiro atoms. The molecule has 0 saturated carbocycles. The van der Waals surface area contributed by atoms with Gasteiger partial charge in [-0.1, -0.05) is 34.1 Å². The minimum atomic E-state index is 0.209. The molecule has 1 unspecified atom stereocenters. The molecule has 1 aliphatic rings. The average Bonchev–Trinajstić information content (AvgIpc) is 2.83. The van der Waals surface area contributed by atoms with E-state index in [9.17, 15) is 5.11 Å². The summed E-state index contributed by atoms with van der Waals surface area (Å²) in [6, 6.07) is 8.13. The van der Waals surface area contributed by atoms with Crippen LogP contribution in [0.1, 0.15) is 24.5 Å². The summed E-state index contributed by atoms with van der Waals surface area (Å²) < 4.78 is 3.30. The van der Waals surface area contributed by atoms with E-state index in [1.807, 2.05) is 24.4 Å². The first-order valence-corrected chi connectivity index (χ1v) is 7.01. The Morgan fingerprint density at radius 2 is 2.22 bits per heavy atom. The van der Waals surface area contributed by atoms with Gasteiger partial charge in [-0.2, -0.15) is 0 Å². The number of aromatic nitrogens is 2. The van der Waals surface area contributed by atoms with Gasteiger partial charge in [0.1, 0.15) is 5.82 Å². The number of benzene rings is 1. The van der Waals surface area contributed by atoms with Gasteiger partial charge in [-0.05, 0) is 18.9 Å². The fraction of sp³-hybridized carbons (Fsp3) is 0.357. The van der Waals surface area contributed by atoms with Crippen LogP contribution in [0, 0.1) is 0 Å². The summed E-state index contributed by atoms with van der Waals surface area (Å²) >= 11 is 3.58. The van der Waals surface area contributed by atoms with Gasteiger partial charge in [0, 0.05) is 34.4 Å². The summed E-state index contributed by atoms with van der Waals surface area (Å²) in [4.78, 5) is 4.55. The SMILES string of the molecule is OCC1CCCn2c1cnc2-c1ccccc1Br. The van der Waals surface area contributed by atoms with E-state index in [1.165, 1.54) is 0 Å². The third kappa shape index (κ3) is 1.89. The fourth-order valence-electron chi connectivity index (χ4n) is 2.64. The standard InChI is InChI=1S/C14H15BrN2O/c15-12-6-2-1-5-11(12)14-16-8-13-10(9-18)4-3-7-17(13)14/h1-2,5-6,8,10,18H,3-4,7,9H2. The third-order valence-corrected chi connectivity index (χ3v) is 4.27. The molecule has 1 aromatic heterocycles. The van der Waals surface area contributed by atoms with Crippen LogP contribution in [0.25, 0.3) is 11.4 Å². The summed E-state index contributed by atoms with van der Waals surface area (Å²) in [7, 11) is 0. The zero-order valence-corrected chi connectivity index (χ0v) is 11.6. The highest BCUT2D eigenvalue weighted by Crippen LogP contribution is 2.33. The van der Waals surface area contributed by atoms with E-state index in [1.54, 1.807) is 0 Å². The Balaban J connectivity index is 2.10. The second-order valence-corrected chi connectivity index (χ2v) is 5.51. The lowest BCUT2D eigenvalue weighted by Crippen LogP contribution is -2.18. The van der Waals surface area contributed by atoms with Crippen LogP contribution in [-0.4, -0.2) is 21.3 Å². The Morgan fingerprint density at radius 3 is 3.00 bits per heavy atom. The molecule has 3 nitrogen and oxygen atoms in total. The first kappa shape index (κ1) is 11.9. The molecule has 2 aromatic rings. The van der Waals surface area contributed by atoms with Crippen LogP contribution in [0.4, 0.5) is 0 Å². The quantitative estimate of drug-likeness (QED) is 0.925. The number of fused-ring (bicyclic) bond motifs is 1. The van der Waals surface area contributed by atoms with Crippen LogP contribution >= 0.6 is 15.9 Å². The molecule has 0 bridgehead atoms. The predicted molar refractivity (Wildman–Crippen MR) is 74.4 cm³/mol. The van der Waals surface area contributed by atoms with E-state index >= 15 is 0 Å². The monoisotopic (exact) mass is 306 g/mol. The number of halogens is 1. The molecule has 0 amide bonds. The average molecular weight is 307 g/mol. The van der Waals surface area contributed by atoms with Crippen LogP contribution in [0.15, 0.2) is 34.9 Å². The smallest absolute Gasteiger partial charge is 0.141 e. The number of aliphatic hydroxyl groups excluding tert-OH is 1. The Kier molecular flexibility index (Phi) is 3.22. The van der Waals surface area contributed by atoms with Crippen LogP contribution in [0.2, 0.25) is 0 Å². The molecular weight excluding hydrogens is 292 g/mol. The summed E-state index contributed by atoms with van der Waals surface area (Å²) in [5, 5.41) is 9.42. The summed E-state index contributed by atoms with van der Waals surface area (Å²) in [5.74, 6) is 1.23. The zero-order chi connectivity index (χ0) is 12.5. The van der Waals surface area contributed by atoms with Crippen molar-refractivity contribution < 1.29 is 5.11 Å². The maximum absolute atomic E-state index is 9.42. The highest BCUT2D eigenvalue weighted by molar-refractivity contribution is 9.10. The van der Waals surface area contributed by atoms with Crippen molar-refractivity contribution >= 4 is 15.9 Å². The van der Waals surface area contributed by atoms with E-state index in [-0.39, 0.29) is 12.5 Å². The lowest BCUT2D eigenvalue weighted by Gasteiger charge is -2.23. The number of hydrogen-bond acceptors (Lipinski definition) is 2. The summed E-state index contributed by atoms with van der Waals surface area (Å²) in [5.41, 5.74) is 2.27. The minimum absolute atomic E-state index is 0.209. The topological polar surface area (TPSA) is 38.0 Å². The molecular formula is C14H15BrN2O. The molecule has 1 aromatic carbocycles. The van der Waals surface area contributed by atoms with Crippen molar-refractivity contribution in [3.05, 3.63) is 40.6 Å². The van der Waals surface area contributed by atoms with Gasteiger partial charge in [-0.3, -0.25) is 0 Å². The zero-order valence-electron chi connectivity index (χ0n) is 10.0. The molecule has 2 heterocycles. The Labute approximate surface area is 115 Å². The van der Waals surface area contributed by atoms with Crippen molar-refractivity contribution in [1.82, 2.24) is 9.55 Å². The molecule has 0 radical (unpaired) electrons. The lowest BCUT2D eigenvalue weighted by molar-refractivity contribution is 0.241. The maximum atomic E-state index is 9.42. The molecule has 0 saturated heterocycles. The van der Waals surface area contributed by atoms with Gasteiger partial charge >= 0.3 is 0 Å². The van der Waals surface area contributed by atoms with Crippen LogP contribution in [0.5, 0.6) is 0 Å². The van der Waals surface area contributed by atoms with Gasteiger partial charge in [0.05, 0.1) is 6.61 Å². The molecule has 0 fully saturated rings. The van der Waals surface area contributed by atoms with Crippen LogP contribution < -0.4 is 0 Å². The second-order valence-electron chi connectivity index (χ2n) is 4.66. The molecule has 94 valence electrons. The van der Waals surface area contributed by atoms with E-state index in [0.29, 0.717) is 0 Å². The number of imidazole rings is 1. The Bertz CT molecular complexity index is 565. The predicted octanol–water partition coefficient (Wildman–Crippen LogP) is 3.18. The molecule has 1 atom stereocenters. The number of nitrogens with zero attached hydrogens (tertiary/aromatic N) is 2. The molecule has 0 aliphatic carbocycles. The van der Waals surface area contributed by atoms with Gasteiger partial charge in [0.25, 0.3) is 0 Å². The van der Waals surface area contributed by atoms with Gasteiger partial charge < -0.3 is 9.67 Å². The molecule has 1 aliphatic heterocycles. The van der Waals surface area contributed by atoms with Gasteiger partial charge in [0.15, 0.2) is 0 Å². The fourth-order valence-corrected chi connectivity index (χ4v) is 3.10. The number of rotatable bonds is 2. The molecule has 3 rings (SSSR count). The molecule has 4 heteroatoms. The van der Waals surface area contributed by atoms with Crippen molar-refractivity contribution in [2.24, 2.45) is 0 Å². The van der Waals surface area contributed by atoms with Gasteiger partial charge in [0.2, 0.25) is 0 Å². The number of hydrogen-bond donors (Lipinski definition) is 1. The minimum Gasteiger partial charge on any atom is -0.396 e. The lowest BCUT2D eigenvalue weighted by atomic mass is 9.97. The van der Waals surface area contributed by atoms with Gasteiger partial charge in [-0.25, -0.2) is 4.98 Å². The van der Waals surface area contributed by atoms with Crippen molar-refractivity contribution in [3.8, 4) is 11.4 Å². The van der Waals surface area contributed by atoms with Gasteiger partial charge in [-0.15, -0.1) is 0 Å². The summed E-state index contributed by atoms with van der Waals surface area (Å²) in [6.07, 6.45) is 4.07. The van der Waals surface area contributed by atoms with Crippen molar-refractivity contribution in [1.29, 1.82) is 0 Å². The van der Waals surface area contributed by atoms with E-state index in [0.717, 1.165) is 40.9 Å². The highest BCUT2D eigenvalue weighted by Gasteiger charge is 2.23. The summed E-state index contributed by atoms with van der Waals surface area (Å²) in [6.45, 7) is 1.20.